The van der Waals surface area contributed by atoms with E-state index in [-0.39, 0.29) is 11.8 Å². The van der Waals surface area contributed by atoms with Crippen LogP contribution in [0, 0.1) is 5.92 Å². The minimum Gasteiger partial charge on any atom is -0.325 e. The lowest BCUT2D eigenvalue weighted by molar-refractivity contribution is -0.122. The summed E-state index contributed by atoms with van der Waals surface area (Å²) in [6.45, 7) is 3.96. The highest BCUT2D eigenvalue weighted by molar-refractivity contribution is 6.06. The van der Waals surface area contributed by atoms with Crippen molar-refractivity contribution in [2.24, 2.45) is 5.92 Å². The van der Waals surface area contributed by atoms with Crippen LogP contribution >= 0.6 is 0 Å². The van der Waals surface area contributed by atoms with Crippen LogP contribution in [0.1, 0.15) is 32.3 Å². The maximum absolute atomic E-state index is 12.2. The summed E-state index contributed by atoms with van der Waals surface area (Å²) in [5.74, 6) is 0.0658. The third-order valence-corrected chi connectivity index (χ3v) is 3.90. The monoisotopic (exact) mass is 231 g/mol. The van der Waals surface area contributed by atoms with Gasteiger partial charge in [-0.25, -0.2) is 0 Å². The molecular weight excluding hydrogens is 214 g/mol. The van der Waals surface area contributed by atoms with Crippen molar-refractivity contribution in [2.45, 2.75) is 32.1 Å². The van der Waals surface area contributed by atoms with Crippen LogP contribution in [-0.4, -0.2) is 12.2 Å². The molecule has 3 nitrogen and oxygen atoms in total. The van der Waals surface area contributed by atoms with Crippen LogP contribution in [0.25, 0.3) is 0 Å². The molecule has 1 aromatic carbocycles. The zero-order valence-corrected chi connectivity index (χ0v) is 10.2. The summed E-state index contributed by atoms with van der Waals surface area (Å²) in [4.78, 5) is 23.0. The number of carbonyl (C=O) groups excluding carboxylic acids is 2. The summed E-state index contributed by atoms with van der Waals surface area (Å²) in [6, 6.07) is 7.73. The van der Waals surface area contributed by atoms with E-state index in [1.165, 1.54) is 0 Å². The molecule has 0 aromatic heterocycles. The normalized spacial score (nSPS) is 24.0. The van der Waals surface area contributed by atoms with E-state index >= 15 is 0 Å². The minimum absolute atomic E-state index is 0.00685. The summed E-state index contributed by atoms with van der Waals surface area (Å²) in [5, 5.41) is 2.91. The van der Waals surface area contributed by atoms with Crippen LogP contribution in [0.5, 0.6) is 0 Å². The van der Waals surface area contributed by atoms with Gasteiger partial charge in [0, 0.05) is 12.1 Å². The Balaban J connectivity index is 2.48. The number of rotatable bonds is 4. The van der Waals surface area contributed by atoms with Gasteiger partial charge in [0.1, 0.15) is 6.29 Å². The lowest BCUT2D eigenvalue weighted by atomic mass is 9.70. The van der Waals surface area contributed by atoms with E-state index in [2.05, 4.69) is 5.32 Å². The van der Waals surface area contributed by atoms with Crippen LogP contribution in [-0.2, 0) is 15.0 Å². The van der Waals surface area contributed by atoms with Gasteiger partial charge < -0.3 is 10.1 Å². The fourth-order valence-corrected chi connectivity index (χ4v) is 2.75. The molecule has 0 spiro atoms. The van der Waals surface area contributed by atoms with E-state index in [1.807, 2.05) is 38.1 Å². The summed E-state index contributed by atoms with van der Waals surface area (Å²) in [7, 11) is 0. The summed E-state index contributed by atoms with van der Waals surface area (Å²) in [6.07, 6.45) is 2.15. The number of fused-ring (bicyclic) bond motifs is 1. The average Bonchev–Trinajstić information content (AvgIpc) is 2.60. The molecule has 1 aliphatic rings. The van der Waals surface area contributed by atoms with Crippen molar-refractivity contribution in [3.63, 3.8) is 0 Å². The Hall–Kier alpha value is -1.64. The lowest BCUT2D eigenvalue weighted by Crippen LogP contribution is -2.39. The zero-order valence-electron chi connectivity index (χ0n) is 10.2. The third-order valence-electron chi connectivity index (χ3n) is 3.90. The quantitative estimate of drug-likeness (QED) is 0.809. The van der Waals surface area contributed by atoms with Gasteiger partial charge in [-0.1, -0.05) is 31.5 Å². The highest BCUT2D eigenvalue weighted by Crippen LogP contribution is 2.44. The zero-order chi connectivity index (χ0) is 12.5. The summed E-state index contributed by atoms with van der Waals surface area (Å²) in [5.41, 5.74) is 1.31. The Labute approximate surface area is 101 Å². The van der Waals surface area contributed by atoms with Gasteiger partial charge in [0.05, 0.1) is 5.41 Å². The number of hydrogen-bond acceptors (Lipinski definition) is 2. The molecule has 1 heterocycles. The Morgan fingerprint density at radius 3 is 2.76 bits per heavy atom. The summed E-state index contributed by atoms with van der Waals surface area (Å²) < 4.78 is 0. The first-order chi connectivity index (χ1) is 8.14. The van der Waals surface area contributed by atoms with Gasteiger partial charge in [-0.2, -0.15) is 0 Å². The molecule has 1 amide bonds. The lowest BCUT2D eigenvalue weighted by Gasteiger charge is -2.30. The Morgan fingerprint density at radius 1 is 1.41 bits per heavy atom. The number of hydrogen-bond donors (Lipinski definition) is 1. The fourth-order valence-electron chi connectivity index (χ4n) is 2.75. The molecule has 90 valence electrons. The second-order valence-electron chi connectivity index (χ2n) is 4.71. The van der Waals surface area contributed by atoms with Crippen molar-refractivity contribution in [1.29, 1.82) is 0 Å². The maximum Gasteiger partial charge on any atom is 0.235 e. The average molecular weight is 231 g/mol. The molecule has 2 rings (SSSR count). The number of nitrogens with one attached hydrogen (secondary N) is 1. The van der Waals surface area contributed by atoms with E-state index in [4.69, 9.17) is 0 Å². The van der Waals surface area contributed by atoms with Crippen LogP contribution in [0.3, 0.4) is 0 Å². The first kappa shape index (κ1) is 11.8. The highest BCUT2D eigenvalue weighted by atomic mass is 16.2. The second-order valence-corrected chi connectivity index (χ2v) is 4.71. The largest absolute Gasteiger partial charge is 0.325 e. The predicted molar refractivity (Wildman–Crippen MR) is 66.9 cm³/mol. The molecule has 0 saturated carbocycles. The van der Waals surface area contributed by atoms with Crippen LogP contribution in [0.2, 0.25) is 0 Å². The fraction of sp³-hybridized carbons (Fsp3) is 0.429. The number of amides is 1. The van der Waals surface area contributed by atoms with E-state index < -0.39 is 5.41 Å². The third kappa shape index (κ3) is 1.66. The van der Waals surface area contributed by atoms with E-state index in [1.54, 1.807) is 0 Å². The van der Waals surface area contributed by atoms with Gasteiger partial charge in [-0.05, 0) is 24.5 Å². The van der Waals surface area contributed by atoms with Crippen molar-refractivity contribution in [1.82, 2.24) is 0 Å². The van der Waals surface area contributed by atoms with Gasteiger partial charge in [0.25, 0.3) is 0 Å². The van der Waals surface area contributed by atoms with Crippen LogP contribution < -0.4 is 5.32 Å². The molecule has 3 heteroatoms. The van der Waals surface area contributed by atoms with E-state index in [0.29, 0.717) is 6.42 Å². The molecule has 0 saturated heterocycles. The van der Waals surface area contributed by atoms with Crippen molar-refractivity contribution in [2.75, 3.05) is 5.32 Å². The second kappa shape index (κ2) is 4.32. The molecule has 2 atom stereocenters. The Kier molecular flexibility index (Phi) is 3.01. The number of para-hydroxylation sites is 1. The van der Waals surface area contributed by atoms with Crippen molar-refractivity contribution >= 4 is 17.9 Å². The van der Waals surface area contributed by atoms with Gasteiger partial charge in [0.15, 0.2) is 0 Å². The molecule has 2 unspecified atom stereocenters. The minimum atomic E-state index is -0.577. The van der Waals surface area contributed by atoms with Gasteiger partial charge in [0.2, 0.25) is 5.91 Å². The summed E-state index contributed by atoms with van der Waals surface area (Å²) >= 11 is 0. The van der Waals surface area contributed by atoms with E-state index in [0.717, 1.165) is 24.0 Å². The van der Waals surface area contributed by atoms with Gasteiger partial charge in [-0.3, -0.25) is 4.79 Å². The molecule has 0 aliphatic carbocycles. The van der Waals surface area contributed by atoms with Gasteiger partial charge >= 0.3 is 0 Å². The first-order valence-corrected chi connectivity index (χ1v) is 5.99. The molecule has 1 N–H and O–H groups in total. The molecule has 17 heavy (non-hydrogen) atoms. The Bertz CT molecular complexity index is 455. The molecule has 1 aliphatic heterocycles. The van der Waals surface area contributed by atoms with Gasteiger partial charge in [-0.15, -0.1) is 0 Å². The van der Waals surface area contributed by atoms with Crippen LogP contribution in [0.4, 0.5) is 5.69 Å². The molecule has 1 aromatic rings. The SMILES string of the molecule is CCC(CC=O)C1(C)C(=O)Nc2ccccc21. The molecule has 0 fully saturated rings. The molecule has 0 radical (unpaired) electrons. The Morgan fingerprint density at radius 2 is 2.12 bits per heavy atom. The number of carbonyl (C=O) groups is 2. The maximum atomic E-state index is 12.2. The first-order valence-electron chi connectivity index (χ1n) is 5.99. The smallest absolute Gasteiger partial charge is 0.235 e. The molecular formula is C14H17NO2. The predicted octanol–water partition coefficient (Wildman–Crippen LogP) is 2.51. The number of anilines is 1. The number of benzene rings is 1. The van der Waals surface area contributed by atoms with Crippen molar-refractivity contribution < 1.29 is 9.59 Å². The topological polar surface area (TPSA) is 46.2 Å². The highest BCUT2D eigenvalue weighted by Gasteiger charge is 2.47. The molecule has 0 bridgehead atoms. The standard InChI is InChI=1S/C14H17NO2/c1-3-10(8-9-16)14(2)11-6-4-5-7-12(11)15-13(14)17/h4-7,9-10H,3,8H2,1-2H3,(H,15,17). The van der Waals surface area contributed by atoms with Crippen molar-refractivity contribution in [3.8, 4) is 0 Å². The number of aldehydes is 1. The van der Waals surface area contributed by atoms with E-state index in [9.17, 15) is 9.59 Å². The van der Waals surface area contributed by atoms with Crippen LogP contribution in [0.15, 0.2) is 24.3 Å². The van der Waals surface area contributed by atoms with Crippen molar-refractivity contribution in [3.05, 3.63) is 29.8 Å².